The molecule has 4 heterocycles. The first-order valence-corrected chi connectivity index (χ1v) is 12.7. The lowest BCUT2D eigenvalue weighted by Gasteiger charge is -2.33. The predicted molar refractivity (Wildman–Crippen MR) is 120 cm³/mol. The average molecular weight is 438 g/mol. The molecule has 4 rings (SSSR count). The molecule has 0 bridgehead atoms. The van der Waals surface area contributed by atoms with Crippen molar-refractivity contribution >= 4 is 39.1 Å². The molecule has 1 fully saturated rings. The van der Waals surface area contributed by atoms with E-state index in [0.717, 1.165) is 73.7 Å². The van der Waals surface area contributed by atoms with Gasteiger partial charge in [-0.3, -0.25) is 0 Å². The molecule has 2 aliphatic heterocycles. The maximum atomic E-state index is 6.18. The van der Waals surface area contributed by atoms with Crippen LogP contribution in [0, 0.1) is 0 Å². The standard InChI is InChI=1S/C21H32N4O2S2/c1-4-21(3)13-15-16(14-27-21)29-19-17(15)18(23-20(24-19)28-5-2)22-7-6-8-25-9-11-26-12-10-25/h4-14H2,1-3H3,(H,22,23,24)/p+1/t21-/m0/s1. The number of nitrogens with one attached hydrogen (secondary N) is 2. The molecule has 0 aromatic carbocycles. The smallest absolute Gasteiger partial charge is 0.190 e. The van der Waals surface area contributed by atoms with Crippen LogP contribution in [0.3, 0.4) is 0 Å². The van der Waals surface area contributed by atoms with Crippen molar-refractivity contribution in [1.29, 1.82) is 0 Å². The van der Waals surface area contributed by atoms with E-state index in [1.807, 2.05) is 0 Å². The molecule has 0 amide bonds. The number of thioether (sulfide) groups is 1. The predicted octanol–water partition coefficient (Wildman–Crippen LogP) is 2.76. The molecule has 0 unspecified atom stereocenters. The monoisotopic (exact) mass is 437 g/mol. The Morgan fingerprint density at radius 1 is 1.24 bits per heavy atom. The van der Waals surface area contributed by atoms with E-state index >= 15 is 0 Å². The molecule has 2 aliphatic rings. The fourth-order valence-corrected chi connectivity index (χ4v) is 5.79. The van der Waals surface area contributed by atoms with Gasteiger partial charge in [-0.05, 0) is 24.7 Å². The second kappa shape index (κ2) is 9.47. The van der Waals surface area contributed by atoms with Crippen molar-refractivity contribution in [1.82, 2.24) is 9.97 Å². The zero-order chi connectivity index (χ0) is 20.3. The summed E-state index contributed by atoms with van der Waals surface area (Å²) in [6.07, 6.45) is 3.09. The molecule has 1 saturated heterocycles. The Hall–Kier alpha value is -0.930. The van der Waals surface area contributed by atoms with Gasteiger partial charge in [0.15, 0.2) is 5.16 Å². The van der Waals surface area contributed by atoms with E-state index in [-0.39, 0.29) is 5.60 Å². The van der Waals surface area contributed by atoms with Crippen LogP contribution in [0.4, 0.5) is 5.82 Å². The number of nitrogens with zero attached hydrogens (tertiary/aromatic N) is 2. The number of anilines is 1. The topological polar surface area (TPSA) is 60.7 Å². The number of quaternary nitrogens is 1. The Bertz CT molecular complexity index is 838. The van der Waals surface area contributed by atoms with E-state index < -0.39 is 0 Å². The first kappa shape index (κ1) is 21.3. The Morgan fingerprint density at radius 2 is 2.07 bits per heavy atom. The first-order chi connectivity index (χ1) is 14.1. The molecule has 2 aromatic heterocycles. The van der Waals surface area contributed by atoms with Gasteiger partial charge in [0.25, 0.3) is 0 Å². The molecule has 0 aliphatic carbocycles. The molecular formula is C21H33N4O2S2+. The van der Waals surface area contributed by atoms with Gasteiger partial charge in [0, 0.05) is 24.3 Å². The summed E-state index contributed by atoms with van der Waals surface area (Å²) < 4.78 is 11.6. The molecular weight excluding hydrogens is 404 g/mol. The molecule has 6 nitrogen and oxygen atoms in total. The quantitative estimate of drug-likeness (QED) is 0.376. The first-order valence-electron chi connectivity index (χ1n) is 10.9. The maximum absolute atomic E-state index is 6.18. The SMILES string of the molecule is CCSc1nc(NCCC[NH+]2CCOCC2)c2c3c(sc2n1)CO[C@@](C)(CC)C3. The number of hydrogen-bond donors (Lipinski definition) is 2. The number of fused-ring (bicyclic) bond motifs is 3. The Morgan fingerprint density at radius 3 is 2.83 bits per heavy atom. The van der Waals surface area contributed by atoms with Crippen LogP contribution in [0.5, 0.6) is 0 Å². The van der Waals surface area contributed by atoms with Gasteiger partial charge in [0.1, 0.15) is 23.7 Å². The molecule has 0 radical (unpaired) electrons. The Labute approximate surface area is 181 Å². The summed E-state index contributed by atoms with van der Waals surface area (Å²) in [6.45, 7) is 13.4. The van der Waals surface area contributed by atoms with Crippen LogP contribution in [-0.2, 0) is 22.5 Å². The van der Waals surface area contributed by atoms with Crippen molar-refractivity contribution in [2.45, 2.75) is 57.4 Å². The van der Waals surface area contributed by atoms with Crippen LogP contribution in [0.15, 0.2) is 5.16 Å². The van der Waals surface area contributed by atoms with Gasteiger partial charge in [-0.25, -0.2) is 9.97 Å². The molecule has 1 atom stereocenters. The van der Waals surface area contributed by atoms with Crippen LogP contribution in [0.1, 0.15) is 44.1 Å². The summed E-state index contributed by atoms with van der Waals surface area (Å²) in [6, 6.07) is 0. The second-order valence-corrected chi connectivity index (χ2v) is 10.4. The van der Waals surface area contributed by atoms with Crippen LogP contribution >= 0.6 is 23.1 Å². The average Bonchev–Trinajstić information content (AvgIpc) is 3.09. The van der Waals surface area contributed by atoms with Crippen LogP contribution in [0.2, 0.25) is 0 Å². The summed E-state index contributed by atoms with van der Waals surface area (Å²) >= 11 is 3.49. The lowest BCUT2D eigenvalue weighted by Crippen LogP contribution is -3.14. The third-order valence-electron chi connectivity index (χ3n) is 6.04. The molecule has 8 heteroatoms. The summed E-state index contributed by atoms with van der Waals surface area (Å²) in [5, 5.41) is 5.77. The van der Waals surface area contributed by atoms with E-state index in [1.165, 1.54) is 22.4 Å². The minimum absolute atomic E-state index is 0.0885. The number of aromatic nitrogens is 2. The van der Waals surface area contributed by atoms with Crippen LogP contribution < -0.4 is 10.2 Å². The highest BCUT2D eigenvalue weighted by molar-refractivity contribution is 7.99. The number of hydrogen-bond acceptors (Lipinski definition) is 7. The fourth-order valence-electron chi connectivity index (χ4n) is 4.06. The van der Waals surface area contributed by atoms with Crippen molar-refractivity contribution in [3.8, 4) is 0 Å². The largest absolute Gasteiger partial charge is 0.370 e. The van der Waals surface area contributed by atoms with Gasteiger partial charge in [-0.15, -0.1) is 11.3 Å². The van der Waals surface area contributed by atoms with Crippen molar-refractivity contribution in [3.05, 3.63) is 10.4 Å². The Balaban J connectivity index is 1.54. The number of thiophene rings is 1. The van der Waals surface area contributed by atoms with Gasteiger partial charge in [-0.2, -0.15) is 0 Å². The second-order valence-electron chi connectivity index (χ2n) is 8.13. The van der Waals surface area contributed by atoms with Crippen LogP contribution in [-0.4, -0.2) is 60.7 Å². The van der Waals surface area contributed by atoms with Gasteiger partial charge in [-0.1, -0.05) is 25.6 Å². The van der Waals surface area contributed by atoms with Crippen molar-refractivity contribution in [3.63, 3.8) is 0 Å². The van der Waals surface area contributed by atoms with Crippen molar-refractivity contribution < 1.29 is 14.4 Å². The zero-order valence-corrected chi connectivity index (χ0v) is 19.4. The van der Waals surface area contributed by atoms with E-state index in [9.17, 15) is 0 Å². The third kappa shape index (κ3) is 4.88. The number of rotatable bonds is 8. The van der Waals surface area contributed by atoms with Gasteiger partial charge in [0.2, 0.25) is 0 Å². The maximum Gasteiger partial charge on any atom is 0.190 e. The normalized spacial score (nSPS) is 22.7. The third-order valence-corrected chi connectivity index (χ3v) is 7.87. The molecule has 2 N–H and O–H groups in total. The van der Waals surface area contributed by atoms with Gasteiger partial charge < -0.3 is 19.7 Å². The zero-order valence-electron chi connectivity index (χ0n) is 17.8. The van der Waals surface area contributed by atoms with Crippen LogP contribution in [0.25, 0.3) is 10.2 Å². The summed E-state index contributed by atoms with van der Waals surface area (Å²) in [7, 11) is 0. The van der Waals surface area contributed by atoms with Crippen molar-refractivity contribution in [2.24, 2.45) is 0 Å². The molecule has 29 heavy (non-hydrogen) atoms. The fraction of sp³-hybridized carbons (Fsp3) is 0.714. The minimum Gasteiger partial charge on any atom is -0.370 e. The molecule has 160 valence electrons. The van der Waals surface area contributed by atoms with E-state index in [1.54, 1.807) is 28.0 Å². The minimum atomic E-state index is -0.0885. The highest BCUT2D eigenvalue weighted by Crippen LogP contribution is 2.42. The van der Waals surface area contributed by atoms with E-state index in [4.69, 9.17) is 19.4 Å². The molecule has 2 aromatic rings. The molecule has 0 spiro atoms. The van der Waals surface area contributed by atoms with Crippen molar-refractivity contribution in [2.75, 3.05) is 50.5 Å². The van der Waals surface area contributed by atoms with Gasteiger partial charge >= 0.3 is 0 Å². The van der Waals surface area contributed by atoms with E-state index in [0.29, 0.717) is 6.61 Å². The highest BCUT2D eigenvalue weighted by Gasteiger charge is 2.33. The van der Waals surface area contributed by atoms with Gasteiger partial charge in [0.05, 0.1) is 37.4 Å². The highest BCUT2D eigenvalue weighted by atomic mass is 32.2. The number of morpholine rings is 1. The Kier molecular flexibility index (Phi) is 6.96. The summed E-state index contributed by atoms with van der Waals surface area (Å²) in [5.74, 6) is 1.99. The van der Waals surface area contributed by atoms with E-state index in [2.05, 4.69) is 26.1 Å². The lowest BCUT2D eigenvalue weighted by molar-refractivity contribution is -0.908. The summed E-state index contributed by atoms with van der Waals surface area (Å²) in [5.41, 5.74) is 1.31. The lowest BCUT2D eigenvalue weighted by atomic mass is 9.90. The summed E-state index contributed by atoms with van der Waals surface area (Å²) in [4.78, 5) is 13.8. The number of ether oxygens (including phenoxy) is 2. The molecule has 0 saturated carbocycles.